The fourth-order valence-corrected chi connectivity index (χ4v) is 2.44. The average Bonchev–Trinajstić information content (AvgIpc) is 2.64. The number of carbonyl (C=O) groups excluding carboxylic acids is 3. The summed E-state index contributed by atoms with van der Waals surface area (Å²) in [4.78, 5) is 35.7. The monoisotopic (exact) mass is 390 g/mol. The fraction of sp³-hybridized carbons (Fsp3) is 0.250. The van der Waals surface area contributed by atoms with Crippen molar-refractivity contribution >= 4 is 17.8 Å². The fourth-order valence-electron chi connectivity index (χ4n) is 2.44. The van der Waals surface area contributed by atoms with Crippen LogP contribution in [0.4, 0.5) is 8.78 Å². The molecular formula is C20H20F2N2O4. The lowest BCUT2D eigenvalue weighted by Gasteiger charge is -2.21. The predicted molar refractivity (Wildman–Crippen MR) is 97.2 cm³/mol. The molecule has 6 nitrogen and oxygen atoms in total. The van der Waals surface area contributed by atoms with E-state index in [1.807, 2.05) is 0 Å². The van der Waals surface area contributed by atoms with E-state index in [1.165, 1.54) is 12.1 Å². The molecule has 2 aromatic carbocycles. The Hall–Kier alpha value is -3.29. The topological polar surface area (TPSA) is 98.5 Å². The number of benzene rings is 2. The molecule has 0 aliphatic carbocycles. The largest absolute Gasteiger partial charge is 0.459 e. The van der Waals surface area contributed by atoms with Crippen LogP contribution in [0.15, 0.2) is 42.5 Å². The van der Waals surface area contributed by atoms with Crippen LogP contribution in [0.1, 0.15) is 40.1 Å². The van der Waals surface area contributed by atoms with Crippen LogP contribution in [0, 0.1) is 17.6 Å². The molecule has 0 bridgehead atoms. The first-order chi connectivity index (χ1) is 13.2. The van der Waals surface area contributed by atoms with Gasteiger partial charge in [-0.25, -0.2) is 13.6 Å². The van der Waals surface area contributed by atoms with E-state index in [2.05, 4.69) is 5.32 Å². The third-order valence-corrected chi connectivity index (χ3v) is 4.02. The van der Waals surface area contributed by atoms with Crippen LogP contribution in [0.25, 0.3) is 0 Å². The van der Waals surface area contributed by atoms with Gasteiger partial charge in [0.15, 0.2) is 0 Å². The van der Waals surface area contributed by atoms with Gasteiger partial charge in [0.2, 0.25) is 5.91 Å². The van der Waals surface area contributed by atoms with Crippen molar-refractivity contribution in [3.8, 4) is 0 Å². The van der Waals surface area contributed by atoms with Gasteiger partial charge in [0, 0.05) is 5.56 Å². The van der Waals surface area contributed by atoms with E-state index in [0.717, 1.165) is 18.2 Å². The molecule has 0 saturated carbocycles. The summed E-state index contributed by atoms with van der Waals surface area (Å²) in [6.45, 7) is 3.21. The Morgan fingerprint density at radius 2 is 1.61 bits per heavy atom. The van der Waals surface area contributed by atoms with Gasteiger partial charge in [-0.1, -0.05) is 32.0 Å². The van der Waals surface area contributed by atoms with Crippen LogP contribution in [-0.2, 0) is 16.1 Å². The molecule has 3 N–H and O–H groups in total. The summed E-state index contributed by atoms with van der Waals surface area (Å²) < 4.78 is 32.7. The minimum absolute atomic E-state index is 0.106. The Morgan fingerprint density at radius 3 is 2.11 bits per heavy atom. The SMILES string of the molecule is CC(C)[C@@H](NC(=O)c1c(F)cccc1F)C(=O)OCc1ccc(C(N)=O)cc1. The molecule has 2 rings (SSSR count). The molecule has 148 valence electrons. The van der Waals surface area contributed by atoms with E-state index in [-0.39, 0.29) is 12.5 Å². The summed E-state index contributed by atoms with van der Waals surface area (Å²) in [5.74, 6) is -4.81. The zero-order valence-corrected chi connectivity index (χ0v) is 15.4. The van der Waals surface area contributed by atoms with Crippen LogP contribution in [0.3, 0.4) is 0 Å². The summed E-state index contributed by atoms with van der Waals surface area (Å²) >= 11 is 0. The van der Waals surface area contributed by atoms with Crippen LogP contribution in [0.5, 0.6) is 0 Å². The van der Waals surface area contributed by atoms with E-state index in [9.17, 15) is 23.2 Å². The first-order valence-corrected chi connectivity index (χ1v) is 8.51. The molecule has 0 fully saturated rings. The highest BCUT2D eigenvalue weighted by Gasteiger charge is 2.28. The van der Waals surface area contributed by atoms with Gasteiger partial charge in [0.25, 0.3) is 5.91 Å². The quantitative estimate of drug-likeness (QED) is 0.710. The molecule has 0 aliphatic rings. The number of rotatable bonds is 7. The van der Waals surface area contributed by atoms with Gasteiger partial charge in [-0.3, -0.25) is 9.59 Å². The maximum atomic E-state index is 13.8. The first-order valence-electron chi connectivity index (χ1n) is 8.51. The lowest BCUT2D eigenvalue weighted by atomic mass is 10.0. The zero-order chi connectivity index (χ0) is 20.8. The van der Waals surface area contributed by atoms with Crippen molar-refractivity contribution in [2.24, 2.45) is 11.7 Å². The number of primary amides is 1. The van der Waals surface area contributed by atoms with Crippen LogP contribution < -0.4 is 11.1 Å². The molecule has 1 atom stereocenters. The second-order valence-electron chi connectivity index (χ2n) is 6.46. The third kappa shape index (κ3) is 5.12. The maximum Gasteiger partial charge on any atom is 0.329 e. The smallest absolute Gasteiger partial charge is 0.329 e. The van der Waals surface area contributed by atoms with E-state index in [4.69, 9.17) is 10.5 Å². The molecule has 28 heavy (non-hydrogen) atoms. The number of carbonyl (C=O) groups is 3. The number of ether oxygens (including phenoxy) is 1. The third-order valence-electron chi connectivity index (χ3n) is 4.02. The normalized spacial score (nSPS) is 11.8. The number of hydrogen-bond acceptors (Lipinski definition) is 4. The van der Waals surface area contributed by atoms with E-state index >= 15 is 0 Å². The highest BCUT2D eigenvalue weighted by molar-refractivity contribution is 5.97. The van der Waals surface area contributed by atoms with Crippen molar-refractivity contribution in [1.29, 1.82) is 0 Å². The van der Waals surface area contributed by atoms with Crippen molar-refractivity contribution < 1.29 is 27.9 Å². The van der Waals surface area contributed by atoms with Crippen LogP contribution in [0.2, 0.25) is 0 Å². The minimum Gasteiger partial charge on any atom is -0.459 e. The summed E-state index contributed by atoms with van der Waals surface area (Å²) in [6, 6.07) is 8.08. The van der Waals surface area contributed by atoms with Crippen molar-refractivity contribution in [3.05, 3.63) is 70.8 Å². The summed E-state index contributed by atoms with van der Waals surface area (Å²) in [7, 11) is 0. The molecule has 0 aliphatic heterocycles. The molecule has 0 unspecified atom stereocenters. The lowest BCUT2D eigenvalue weighted by Crippen LogP contribution is -2.45. The van der Waals surface area contributed by atoms with Crippen LogP contribution >= 0.6 is 0 Å². The highest BCUT2D eigenvalue weighted by Crippen LogP contribution is 2.14. The van der Waals surface area contributed by atoms with E-state index in [0.29, 0.717) is 11.1 Å². The lowest BCUT2D eigenvalue weighted by molar-refractivity contribution is -0.148. The molecule has 2 aromatic rings. The second kappa shape index (κ2) is 9.07. The number of esters is 1. The number of nitrogens with one attached hydrogen (secondary N) is 1. The summed E-state index contributed by atoms with van der Waals surface area (Å²) in [5.41, 5.74) is 5.31. The molecule has 2 amide bonds. The Morgan fingerprint density at radius 1 is 1.04 bits per heavy atom. The first kappa shape index (κ1) is 21.0. The Balaban J connectivity index is 2.05. The van der Waals surface area contributed by atoms with Crippen molar-refractivity contribution in [2.75, 3.05) is 0 Å². The van der Waals surface area contributed by atoms with Gasteiger partial charge >= 0.3 is 5.97 Å². The highest BCUT2D eigenvalue weighted by atomic mass is 19.1. The summed E-state index contributed by atoms with van der Waals surface area (Å²) in [5, 5.41) is 2.32. The Labute approximate surface area is 160 Å². The molecule has 8 heteroatoms. The van der Waals surface area contributed by atoms with Crippen molar-refractivity contribution in [2.45, 2.75) is 26.5 Å². The molecule has 0 saturated heterocycles. The number of amides is 2. The van der Waals surface area contributed by atoms with Gasteiger partial charge in [0.1, 0.15) is 29.8 Å². The Bertz CT molecular complexity index is 862. The predicted octanol–water partition coefficient (Wildman–Crippen LogP) is 2.56. The van der Waals surface area contributed by atoms with Crippen molar-refractivity contribution in [3.63, 3.8) is 0 Å². The summed E-state index contributed by atoms with van der Waals surface area (Å²) in [6.07, 6.45) is 0. The maximum absolute atomic E-state index is 13.8. The molecule has 0 heterocycles. The molecule has 0 spiro atoms. The number of nitrogens with two attached hydrogens (primary N) is 1. The Kier molecular flexibility index (Phi) is 6.81. The second-order valence-corrected chi connectivity index (χ2v) is 6.46. The van der Waals surface area contributed by atoms with Crippen molar-refractivity contribution in [1.82, 2.24) is 5.32 Å². The van der Waals surface area contributed by atoms with Crippen LogP contribution in [-0.4, -0.2) is 23.8 Å². The van der Waals surface area contributed by atoms with Gasteiger partial charge in [-0.2, -0.15) is 0 Å². The average molecular weight is 390 g/mol. The standard InChI is InChI=1S/C20H20F2N2O4/c1-11(2)17(24-19(26)16-14(21)4-3-5-15(16)22)20(27)28-10-12-6-8-13(9-7-12)18(23)25/h3-9,11,17H,10H2,1-2H3,(H2,23,25)(H,24,26)/t17-/m1/s1. The van der Waals surface area contributed by atoms with Gasteiger partial charge < -0.3 is 15.8 Å². The number of hydrogen-bond donors (Lipinski definition) is 2. The minimum atomic E-state index is -1.10. The van der Waals surface area contributed by atoms with Gasteiger partial charge in [0.05, 0.1) is 0 Å². The molecule has 0 radical (unpaired) electrons. The molecular weight excluding hydrogens is 370 g/mol. The zero-order valence-electron chi connectivity index (χ0n) is 15.4. The number of halogens is 2. The van der Waals surface area contributed by atoms with Gasteiger partial charge in [-0.05, 0) is 35.7 Å². The molecule has 0 aromatic heterocycles. The van der Waals surface area contributed by atoms with E-state index < -0.39 is 41.0 Å². The van der Waals surface area contributed by atoms with E-state index in [1.54, 1.807) is 26.0 Å². The van der Waals surface area contributed by atoms with Gasteiger partial charge in [-0.15, -0.1) is 0 Å².